The van der Waals surface area contributed by atoms with Crippen LogP contribution < -0.4 is 0 Å². The summed E-state index contributed by atoms with van der Waals surface area (Å²) >= 11 is 8.05. The molecule has 4 heteroatoms. The Hall–Kier alpha value is -0.610. The fraction of sp³-hybridized carbons (Fsp3) is 0.429. The Morgan fingerprint density at radius 2 is 2.00 bits per heavy atom. The average molecular weight is 281 g/mol. The molecule has 0 N–H and O–H groups in total. The fourth-order valence-corrected chi connectivity index (χ4v) is 3.79. The molecule has 1 saturated heterocycles. The number of hydrogen-bond acceptors (Lipinski definition) is 3. The maximum absolute atomic E-state index is 6.22. The predicted octanol–water partition coefficient (Wildman–Crippen LogP) is 3.30. The smallest absolute Gasteiger partial charge is 0.0584 e. The molecular formula is C14H17ClN2S. The Bertz CT molecular complexity index is 544. The minimum Gasteiger partial charge on any atom is -0.304 e. The monoisotopic (exact) mass is 280 g/mol. The third-order valence-corrected chi connectivity index (χ3v) is 5.12. The summed E-state index contributed by atoms with van der Waals surface area (Å²) in [4.78, 5) is 6.33. The van der Waals surface area contributed by atoms with Gasteiger partial charge >= 0.3 is 0 Å². The first-order valence-electron chi connectivity index (χ1n) is 6.30. The highest BCUT2D eigenvalue weighted by atomic mass is 35.5. The maximum atomic E-state index is 6.22. The molecule has 1 aliphatic rings. The van der Waals surface area contributed by atoms with Gasteiger partial charge < -0.3 is 4.90 Å². The number of rotatable bonds is 2. The quantitative estimate of drug-likeness (QED) is 0.833. The van der Waals surface area contributed by atoms with E-state index >= 15 is 0 Å². The molecule has 0 radical (unpaired) electrons. The van der Waals surface area contributed by atoms with E-state index < -0.39 is 0 Å². The number of benzene rings is 1. The Morgan fingerprint density at radius 3 is 2.72 bits per heavy atom. The van der Waals surface area contributed by atoms with Crippen LogP contribution in [0, 0.1) is 0 Å². The highest BCUT2D eigenvalue weighted by Crippen LogP contribution is 2.32. The van der Waals surface area contributed by atoms with Gasteiger partial charge in [-0.1, -0.05) is 23.7 Å². The van der Waals surface area contributed by atoms with Crippen LogP contribution in [0.2, 0.25) is 5.02 Å². The van der Waals surface area contributed by atoms with Crippen molar-refractivity contribution in [2.45, 2.75) is 6.54 Å². The molecule has 0 unspecified atom stereocenters. The number of piperazine rings is 1. The largest absolute Gasteiger partial charge is 0.304 e. The Balaban J connectivity index is 1.77. The highest BCUT2D eigenvalue weighted by Gasteiger charge is 2.15. The van der Waals surface area contributed by atoms with E-state index in [0.717, 1.165) is 11.6 Å². The maximum Gasteiger partial charge on any atom is 0.0584 e. The third kappa shape index (κ3) is 2.54. The van der Waals surface area contributed by atoms with Gasteiger partial charge in [0.15, 0.2) is 0 Å². The molecule has 0 aliphatic carbocycles. The highest BCUT2D eigenvalue weighted by molar-refractivity contribution is 7.19. The number of likely N-dealkylation sites (N-methyl/N-ethyl adjacent to an activating group) is 1. The first-order valence-corrected chi connectivity index (χ1v) is 7.49. The van der Waals surface area contributed by atoms with E-state index in [1.807, 2.05) is 23.5 Å². The summed E-state index contributed by atoms with van der Waals surface area (Å²) in [6.07, 6.45) is 0. The molecular weight excluding hydrogens is 264 g/mol. The SMILES string of the molecule is CN1CCN(Cc2cc3cccc(Cl)c3s2)CC1. The van der Waals surface area contributed by atoms with Gasteiger partial charge in [0.2, 0.25) is 0 Å². The van der Waals surface area contributed by atoms with Crippen molar-refractivity contribution in [2.24, 2.45) is 0 Å². The predicted molar refractivity (Wildman–Crippen MR) is 79.6 cm³/mol. The van der Waals surface area contributed by atoms with Gasteiger partial charge in [0.1, 0.15) is 0 Å². The lowest BCUT2D eigenvalue weighted by Crippen LogP contribution is -2.43. The summed E-state index contributed by atoms with van der Waals surface area (Å²) in [5.41, 5.74) is 0. The molecule has 0 saturated carbocycles. The van der Waals surface area contributed by atoms with Crippen molar-refractivity contribution in [1.29, 1.82) is 0 Å². The van der Waals surface area contributed by atoms with Crippen molar-refractivity contribution in [1.82, 2.24) is 9.80 Å². The van der Waals surface area contributed by atoms with Crippen molar-refractivity contribution in [3.63, 3.8) is 0 Å². The first kappa shape index (κ1) is 12.4. The van der Waals surface area contributed by atoms with Crippen LogP contribution >= 0.6 is 22.9 Å². The van der Waals surface area contributed by atoms with E-state index in [4.69, 9.17) is 11.6 Å². The molecule has 0 spiro atoms. The van der Waals surface area contributed by atoms with Gasteiger partial charge in [0.05, 0.1) is 9.72 Å². The van der Waals surface area contributed by atoms with Crippen LogP contribution in [-0.2, 0) is 6.54 Å². The van der Waals surface area contributed by atoms with Gasteiger partial charge in [0.25, 0.3) is 0 Å². The zero-order valence-corrected chi connectivity index (χ0v) is 12.1. The molecule has 2 heterocycles. The number of fused-ring (bicyclic) bond motifs is 1. The lowest BCUT2D eigenvalue weighted by atomic mass is 10.2. The van der Waals surface area contributed by atoms with Crippen LogP contribution in [-0.4, -0.2) is 43.0 Å². The van der Waals surface area contributed by atoms with Crippen molar-refractivity contribution in [3.8, 4) is 0 Å². The molecule has 0 atom stereocenters. The molecule has 1 aliphatic heterocycles. The summed E-state index contributed by atoms with van der Waals surface area (Å²) in [5, 5.41) is 2.15. The van der Waals surface area contributed by atoms with Crippen molar-refractivity contribution < 1.29 is 0 Å². The molecule has 1 aromatic carbocycles. The van der Waals surface area contributed by atoms with Gasteiger partial charge in [0, 0.05) is 37.6 Å². The van der Waals surface area contributed by atoms with Gasteiger partial charge in [-0.15, -0.1) is 11.3 Å². The minimum absolute atomic E-state index is 0.877. The second-order valence-electron chi connectivity index (χ2n) is 4.95. The average Bonchev–Trinajstić information content (AvgIpc) is 2.76. The summed E-state index contributed by atoms with van der Waals surface area (Å²) < 4.78 is 1.23. The number of nitrogens with zero attached hydrogens (tertiary/aromatic N) is 2. The molecule has 1 aromatic heterocycles. The van der Waals surface area contributed by atoms with E-state index in [0.29, 0.717) is 0 Å². The van der Waals surface area contributed by atoms with Crippen LogP contribution in [0.5, 0.6) is 0 Å². The van der Waals surface area contributed by atoms with E-state index in [2.05, 4.69) is 29.0 Å². The Labute approximate surface area is 117 Å². The van der Waals surface area contributed by atoms with Crippen LogP contribution in [0.25, 0.3) is 10.1 Å². The summed E-state index contributed by atoms with van der Waals surface area (Å²) in [6.45, 7) is 5.73. The molecule has 2 aromatic rings. The van der Waals surface area contributed by atoms with Gasteiger partial charge in [-0.05, 0) is 24.6 Å². The van der Waals surface area contributed by atoms with Crippen LogP contribution in [0.4, 0.5) is 0 Å². The zero-order chi connectivity index (χ0) is 12.5. The summed E-state index contributed by atoms with van der Waals surface area (Å²) in [6, 6.07) is 8.42. The lowest BCUT2D eigenvalue weighted by Gasteiger charge is -2.31. The standard InChI is InChI=1S/C14H17ClN2S/c1-16-5-7-17(8-6-16)10-12-9-11-3-2-4-13(15)14(11)18-12/h2-4,9H,5-8,10H2,1H3. The third-order valence-electron chi connectivity index (χ3n) is 3.52. The number of hydrogen-bond donors (Lipinski definition) is 0. The van der Waals surface area contributed by atoms with Gasteiger partial charge in [-0.3, -0.25) is 4.90 Å². The van der Waals surface area contributed by atoms with Crippen molar-refractivity contribution >= 4 is 33.0 Å². The summed E-state index contributed by atoms with van der Waals surface area (Å²) in [7, 11) is 2.19. The second kappa shape index (κ2) is 5.17. The van der Waals surface area contributed by atoms with Crippen LogP contribution in [0.15, 0.2) is 24.3 Å². The molecule has 1 fully saturated rings. The summed E-state index contributed by atoms with van der Waals surface area (Å²) in [5.74, 6) is 0. The van der Waals surface area contributed by atoms with Crippen LogP contribution in [0.3, 0.4) is 0 Å². The van der Waals surface area contributed by atoms with Gasteiger partial charge in [-0.2, -0.15) is 0 Å². The number of thiophene rings is 1. The molecule has 0 amide bonds. The molecule has 2 nitrogen and oxygen atoms in total. The van der Waals surface area contributed by atoms with E-state index in [1.165, 1.54) is 41.1 Å². The molecule has 0 bridgehead atoms. The second-order valence-corrected chi connectivity index (χ2v) is 6.49. The van der Waals surface area contributed by atoms with E-state index in [1.54, 1.807) is 0 Å². The lowest BCUT2D eigenvalue weighted by molar-refractivity contribution is 0.149. The zero-order valence-electron chi connectivity index (χ0n) is 10.5. The fourth-order valence-electron chi connectivity index (χ4n) is 2.39. The van der Waals surface area contributed by atoms with Gasteiger partial charge in [-0.25, -0.2) is 0 Å². The molecule has 96 valence electrons. The molecule has 3 rings (SSSR count). The van der Waals surface area contributed by atoms with Crippen molar-refractivity contribution in [3.05, 3.63) is 34.2 Å². The number of halogens is 1. The van der Waals surface area contributed by atoms with E-state index in [-0.39, 0.29) is 0 Å². The Morgan fingerprint density at radius 1 is 1.22 bits per heavy atom. The van der Waals surface area contributed by atoms with E-state index in [9.17, 15) is 0 Å². The molecule has 18 heavy (non-hydrogen) atoms. The minimum atomic E-state index is 0.877. The van der Waals surface area contributed by atoms with Crippen LogP contribution in [0.1, 0.15) is 4.88 Å². The topological polar surface area (TPSA) is 6.48 Å². The van der Waals surface area contributed by atoms with Crippen molar-refractivity contribution in [2.75, 3.05) is 33.2 Å². The normalized spacial score (nSPS) is 18.6. The Kier molecular flexibility index (Phi) is 3.57. The first-order chi connectivity index (χ1) is 8.72.